The zero-order valence-electron chi connectivity index (χ0n) is 9.67. The third-order valence-corrected chi connectivity index (χ3v) is 3.44. The summed E-state index contributed by atoms with van der Waals surface area (Å²) in [6.07, 6.45) is 2.40. The first-order valence-electron chi connectivity index (χ1n) is 5.70. The first-order valence-corrected chi connectivity index (χ1v) is 6.49. The molecule has 6 heteroatoms. The van der Waals surface area contributed by atoms with Crippen LogP contribution in [0.1, 0.15) is 19.3 Å². The smallest absolute Gasteiger partial charge is 0.319 e. The monoisotopic (exact) mass is 316 g/mol. The van der Waals surface area contributed by atoms with E-state index in [1.165, 1.54) is 12.1 Å². The van der Waals surface area contributed by atoms with Gasteiger partial charge < -0.3 is 15.7 Å². The van der Waals surface area contributed by atoms with Crippen molar-refractivity contribution >= 4 is 27.6 Å². The number of anilines is 1. The Morgan fingerprint density at radius 2 is 2.17 bits per heavy atom. The minimum absolute atomic E-state index is 0.218. The van der Waals surface area contributed by atoms with Crippen LogP contribution >= 0.6 is 15.9 Å². The number of nitrogens with one attached hydrogen (secondary N) is 2. The van der Waals surface area contributed by atoms with E-state index in [9.17, 15) is 14.3 Å². The van der Waals surface area contributed by atoms with Crippen LogP contribution in [0.5, 0.6) is 0 Å². The van der Waals surface area contributed by atoms with Crippen LogP contribution in [-0.4, -0.2) is 23.3 Å². The molecule has 3 N–H and O–H groups in total. The van der Waals surface area contributed by atoms with Gasteiger partial charge in [0.25, 0.3) is 0 Å². The van der Waals surface area contributed by atoms with Gasteiger partial charge in [0.05, 0.1) is 5.60 Å². The lowest BCUT2D eigenvalue weighted by molar-refractivity contribution is -0.0287. The molecule has 1 fully saturated rings. The molecule has 1 aliphatic rings. The topological polar surface area (TPSA) is 61.4 Å². The number of carbonyl (C=O) groups excluding carboxylic acids is 1. The Hall–Kier alpha value is -1.14. The molecule has 0 radical (unpaired) electrons. The summed E-state index contributed by atoms with van der Waals surface area (Å²) in [6.45, 7) is 0.218. The molecule has 0 aliphatic heterocycles. The maximum absolute atomic E-state index is 13.1. The zero-order chi connectivity index (χ0) is 13.2. The largest absolute Gasteiger partial charge is 0.388 e. The van der Waals surface area contributed by atoms with Crippen molar-refractivity contribution in [3.05, 3.63) is 28.5 Å². The third kappa shape index (κ3) is 3.43. The quantitative estimate of drug-likeness (QED) is 0.802. The van der Waals surface area contributed by atoms with Crippen molar-refractivity contribution in [1.82, 2.24) is 5.32 Å². The second kappa shape index (κ2) is 5.24. The van der Waals surface area contributed by atoms with E-state index in [1.54, 1.807) is 6.07 Å². The summed E-state index contributed by atoms with van der Waals surface area (Å²) in [5.74, 6) is -0.433. The van der Waals surface area contributed by atoms with Gasteiger partial charge in [0.15, 0.2) is 0 Å². The summed E-state index contributed by atoms with van der Waals surface area (Å²) in [4.78, 5) is 11.6. The SMILES string of the molecule is O=C(NCC1(O)CCC1)Nc1cc(F)cc(Br)c1. The lowest BCUT2D eigenvalue weighted by Gasteiger charge is -2.36. The van der Waals surface area contributed by atoms with Crippen LogP contribution in [0.2, 0.25) is 0 Å². The number of rotatable bonds is 3. The average Bonchev–Trinajstić information content (AvgIpc) is 2.22. The van der Waals surface area contributed by atoms with Crippen molar-refractivity contribution in [1.29, 1.82) is 0 Å². The van der Waals surface area contributed by atoms with E-state index in [2.05, 4.69) is 26.6 Å². The maximum atomic E-state index is 13.1. The molecule has 0 bridgehead atoms. The van der Waals surface area contributed by atoms with Crippen LogP contribution in [0.15, 0.2) is 22.7 Å². The molecule has 1 saturated carbocycles. The second-order valence-electron chi connectivity index (χ2n) is 4.54. The van der Waals surface area contributed by atoms with Gasteiger partial charge in [0, 0.05) is 16.7 Å². The van der Waals surface area contributed by atoms with Crippen LogP contribution in [0, 0.1) is 5.82 Å². The van der Waals surface area contributed by atoms with Gasteiger partial charge in [-0.25, -0.2) is 9.18 Å². The predicted molar refractivity (Wildman–Crippen MR) is 69.9 cm³/mol. The molecule has 0 saturated heterocycles. The number of hydrogen-bond donors (Lipinski definition) is 3. The van der Waals surface area contributed by atoms with Crippen molar-refractivity contribution in [2.24, 2.45) is 0 Å². The Morgan fingerprint density at radius 1 is 1.44 bits per heavy atom. The van der Waals surface area contributed by atoms with E-state index in [-0.39, 0.29) is 6.54 Å². The minimum atomic E-state index is -0.764. The van der Waals surface area contributed by atoms with Gasteiger partial charge in [0.2, 0.25) is 0 Å². The summed E-state index contributed by atoms with van der Waals surface area (Å²) in [5, 5.41) is 14.9. The number of benzene rings is 1. The van der Waals surface area contributed by atoms with Crippen molar-refractivity contribution in [3.8, 4) is 0 Å². The summed E-state index contributed by atoms with van der Waals surface area (Å²) in [5.41, 5.74) is -0.403. The van der Waals surface area contributed by atoms with Crippen molar-refractivity contribution in [2.45, 2.75) is 24.9 Å². The molecule has 0 aromatic heterocycles. The number of hydrogen-bond acceptors (Lipinski definition) is 2. The Kier molecular flexibility index (Phi) is 3.87. The molecule has 1 aliphatic carbocycles. The molecular formula is C12H14BrFN2O2. The molecule has 1 aromatic carbocycles. The van der Waals surface area contributed by atoms with E-state index in [0.717, 1.165) is 6.42 Å². The van der Waals surface area contributed by atoms with Crippen LogP contribution in [-0.2, 0) is 0 Å². The molecular weight excluding hydrogens is 303 g/mol. The van der Waals surface area contributed by atoms with Gasteiger partial charge in [-0.1, -0.05) is 15.9 Å². The van der Waals surface area contributed by atoms with Crippen molar-refractivity contribution in [2.75, 3.05) is 11.9 Å². The highest BCUT2D eigenvalue weighted by Crippen LogP contribution is 2.30. The first-order chi connectivity index (χ1) is 8.47. The zero-order valence-corrected chi connectivity index (χ0v) is 11.3. The fourth-order valence-corrected chi connectivity index (χ4v) is 2.27. The van der Waals surface area contributed by atoms with E-state index in [1.807, 2.05) is 0 Å². The highest BCUT2D eigenvalue weighted by Gasteiger charge is 2.34. The van der Waals surface area contributed by atoms with Gasteiger partial charge >= 0.3 is 6.03 Å². The Morgan fingerprint density at radius 3 is 2.72 bits per heavy atom. The number of amides is 2. The standard InChI is InChI=1S/C12H14BrFN2O2/c13-8-4-9(14)6-10(5-8)16-11(17)15-7-12(18)2-1-3-12/h4-6,18H,1-3,7H2,(H2,15,16,17). The highest BCUT2D eigenvalue weighted by molar-refractivity contribution is 9.10. The average molecular weight is 317 g/mol. The third-order valence-electron chi connectivity index (χ3n) is 2.98. The molecule has 4 nitrogen and oxygen atoms in total. The van der Waals surface area contributed by atoms with Gasteiger partial charge in [-0.15, -0.1) is 0 Å². The lowest BCUT2D eigenvalue weighted by atomic mass is 9.80. The fourth-order valence-electron chi connectivity index (χ4n) is 1.81. The normalized spacial score (nSPS) is 16.8. The van der Waals surface area contributed by atoms with Crippen LogP contribution in [0.25, 0.3) is 0 Å². The van der Waals surface area contributed by atoms with E-state index in [4.69, 9.17) is 0 Å². The van der Waals surface area contributed by atoms with E-state index >= 15 is 0 Å². The predicted octanol–water partition coefficient (Wildman–Crippen LogP) is 2.62. The van der Waals surface area contributed by atoms with Crippen LogP contribution in [0.3, 0.4) is 0 Å². The number of carbonyl (C=O) groups is 1. The van der Waals surface area contributed by atoms with Gasteiger partial charge in [0.1, 0.15) is 5.82 Å². The van der Waals surface area contributed by atoms with Crippen LogP contribution < -0.4 is 10.6 Å². The van der Waals surface area contributed by atoms with Gasteiger partial charge in [-0.3, -0.25) is 0 Å². The number of aliphatic hydroxyl groups is 1. The molecule has 18 heavy (non-hydrogen) atoms. The minimum Gasteiger partial charge on any atom is -0.388 e. The molecule has 0 unspecified atom stereocenters. The number of urea groups is 1. The summed E-state index contributed by atoms with van der Waals surface area (Å²) in [7, 11) is 0. The highest BCUT2D eigenvalue weighted by atomic mass is 79.9. The second-order valence-corrected chi connectivity index (χ2v) is 5.46. The molecule has 0 spiro atoms. The summed E-state index contributed by atoms with van der Waals surface area (Å²) in [6, 6.07) is 3.68. The Labute approximate surface area is 113 Å². The van der Waals surface area contributed by atoms with Gasteiger partial charge in [-0.05, 0) is 37.5 Å². The number of halogens is 2. The molecule has 98 valence electrons. The molecule has 1 aromatic rings. The molecule has 0 heterocycles. The van der Waals surface area contributed by atoms with Crippen molar-refractivity contribution < 1.29 is 14.3 Å². The summed E-state index contributed by atoms with van der Waals surface area (Å²) >= 11 is 3.14. The molecule has 2 rings (SSSR count). The maximum Gasteiger partial charge on any atom is 0.319 e. The molecule has 2 amide bonds. The Bertz CT molecular complexity index is 443. The van der Waals surface area contributed by atoms with Gasteiger partial charge in [-0.2, -0.15) is 0 Å². The van der Waals surface area contributed by atoms with Crippen molar-refractivity contribution in [3.63, 3.8) is 0 Å². The van der Waals surface area contributed by atoms with E-state index < -0.39 is 17.4 Å². The molecule has 0 atom stereocenters. The lowest BCUT2D eigenvalue weighted by Crippen LogP contribution is -2.48. The first kappa shape index (κ1) is 13.3. The Balaban J connectivity index is 1.86. The van der Waals surface area contributed by atoms with E-state index in [0.29, 0.717) is 23.0 Å². The van der Waals surface area contributed by atoms with Crippen LogP contribution in [0.4, 0.5) is 14.9 Å². The summed E-state index contributed by atoms with van der Waals surface area (Å²) < 4.78 is 13.6. The fraction of sp³-hybridized carbons (Fsp3) is 0.417.